The van der Waals surface area contributed by atoms with Gasteiger partial charge < -0.3 is 0 Å². The van der Waals surface area contributed by atoms with Crippen LogP contribution in [0.2, 0.25) is 0 Å². The second-order valence-electron chi connectivity index (χ2n) is 8.96. The first-order chi connectivity index (χ1) is 17.7. The van der Waals surface area contributed by atoms with E-state index in [4.69, 9.17) is 4.98 Å². The number of sulfonamides is 1. The first kappa shape index (κ1) is 25.4. The molecule has 192 valence electrons. The third-order valence-electron chi connectivity index (χ3n) is 6.50. The smallest absolute Gasteiger partial charge is 0.243 e. The van der Waals surface area contributed by atoms with Gasteiger partial charge in [-0.05, 0) is 61.2 Å². The first-order valence-corrected chi connectivity index (χ1v) is 14.0. The molecule has 0 unspecified atom stereocenters. The highest BCUT2D eigenvalue weighted by molar-refractivity contribution is 7.89. The summed E-state index contributed by atoms with van der Waals surface area (Å²) in [4.78, 5) is 24.1. The number of benzene rings is 2. The van der Waals surface area contributed by atoms with Gasteiger partial charge in [-0.2, -0.15) is 4.31 Å². The Morgan fingerprint density at radius 3 is 2.57 bits per heavy atom. The van der Waals surface area contributed by atoms with Crippen molar-refractivity contribution in [3.8, 4) is 0 Å². The number of hydrogen-bond acceptors (Lipinski definition) is 6. The highest BCUT2D eigenvalue weighted by Crippen LogP contribution is 2.34. The summed E-state index contributed by atoms with van der Waals surface area (Å²) < 4.78 is 55.1. The second-order valence-corrected chi connectivity index (χ2v) is 11.9. The zero-order valence-corrected chi connectivity index (χ0v) is 21.6. The number of fused-ring (bicyclic) bond motifs is 1. The maximum Gasteiger partial charge on any atom is 0.243 e. The van der Waals surface area contributed by atoms with E-state index in [0.29, 0.717) is 30.6 Å². The van der Waals surface area contributed by atoms with Gasteiger partial charge in [0, 0.05) is 31.4 Å². The number of aryl methyl sites for hydroxylation is 1. The molecule has 4 aromatic rings. The van der Waals surface area contributed by atoms with Gasteiger partial charge in [0.1, 0.15) is 0 Å². The Hall–Kier alpha value is -3.28. The summed E-state index contributed by atoms with van der Waals surface area (Å²) in [5.74, 6) is -2.88. The summed E-state index contributed by atoms with van der Waals surface area (Å²) >= 11 is 1.44. The number of anilines is 1. The number of hydrogen-bond donors (Lipinski definition) is 0. The lowest BCUT2D eigenvalue weighted by molar-refractivity contribution is -0.123. The normalized spacial score (nSPS) is 15.2. The molecule has 0 N–H and O–H groups in total. The number of thiazole rings is 1. The van der Waals surface area contributed by atoms with Crippen LogP contribution in [0.25, 0.3) is 10.2 Å². The summed E-state index contributed by atoms with van der Waals surface area (Å²) in [7, 11) is -4.01. The molecule has 1 fully saturated rings. The Labute approximate surface area is 217 Å². The monoisotopic (exact) mass is 542 g/mol. The molecule has 11 heteroatoms. The number of rotatable bonds is 6. The molecule has 0 spiro atoms. The summed E-state index contributed by atoms with van der Waals surface area (Å²) in [6, 6.07) is 12.1. The highest BCUT2D eigenvalue weighted by Gasteiger charge is 2.35. The maximum absolute atomic E-state index is 13.8. The number of piperidine rings is 1. The van der Waals surface area contributed by atoms with E-state index in [2.05, 4.69) is 4.98 Å². The van der Waals surface area contributed by atoms with E-state index in [9.17, 15) is 22.0 Å². The van der Waals surface area contributed by atoms with Crippen LogP contribution in [0.5, 0.6) is 0 Å². The Morgan fingerprint density at radius 1 is 1.11 bits per heavy atom. The van der Waals surface area contributed by atoms with Gasteiger partial charge in [-0.25, -0.2) is 22.2 Å². The Kier molecular flexibility index (Phi) is 7.02. The molecule has 37 heavy (non-hydrogen) atoms. The number of aromatic nitrogens is 2. The van der Waals surface area contributed by atoms with Crippen LogP contribution in [0.15, 0.2) is 65.8 Å². The number of pyridine rings is 1. The minimum atomic E-state index is -4.01. The van der Waals surface area contributed by atoms with Gasteiger partial charge in [-0.3, -0.25) is 14.7 Å². The predicted octanol–water partition coefficient (Wildman–Crippen LogP) is 4.91. The summed E-state index contributed by atoms with van der Waals surface area (Å²) in [6.45, 7) is 2.45. The summed E-state index contributed by atoms with van der Waals surface area (Å²) in [5.41, 5.74) is 2.72. The lowest BCUT2D eigenvalue weighted by Crippen LogP contribution is -2.44. The van der Waals surface area contributed by atoms with Crippen molar-refractivity contribution in [2.24, 2.45) is 5.92 Å². The van der Waals surface area contributed by atoms with E-state index >= 15 is 0 Å². The number of halogens is 2. The third kappa shape index (κ3) is 5.11. The zero-order valence-electron chi connectivity index (χ0n) is 20.0. The molecule has 0 saturated carbocycles. The van der Waals surface area contributed by atoms with Crippen LogP contribution in [0.4, 0.5) is 13.9 Å². The summed E-state index contributed by atoms with van der Waals surface area (Å²) in [5, 5.41) is 0.579. The quantitative estimate of drug-likeness (QED) is 0.346. The molecule has 0 radical (unpaired) electrons. The van der Waals surface area contributed by atoms with Crippen molar-refractivity contribution in [2.75, 3.05) is 18.0 Å². The fourth-order valence-electron chi connectivity index (χ4n) is 4.45. The van der Waals surface area contributed by atoms with Crippen LogP contribution in [-0.4, -0.2) is 41.7 Å². The standard InChI is InChI=1S/C26H24F2N4O3S2/c1-17-4-2-6-23-24(17)30-26(36-23)32(16-18-5-3-11-29-15-18)25(33)19-9-12-31(13-10-19)37(34,35)20-7-8-21(27)22(28)14-20/h2-8,11,14-15,19H,9-10,12-13,16H2,1H3. The van der Waals surface area contributed by atoms with E-state index in [0.717, 1.165) is 33.5 Å². The molecule has 7 nitrogen and oxygen atoms in total. The van der Waals surface area contributed by atoms with Gasteiger partial charge in [0.15, 0.2) is 16.8 Å². The average molecular weight is 543 g/mol. The average Bonchev–Trinajstić information content (AvgIpc) is 3.34. The van der Waals surface area contributed by atoms with Crippen molar-refractivity contribution in [3.05, 3.63) is 83.7 Å². The number of carbonyl (C=O) groups excluding carboxylic acids is 1. The van der Waals surface area contributed by atoms with Crippen molar-refractivity contribution in [2.45, 2.75) is 31.2 Å². The van der Waals surface area contributed by atoms with Crippen molar-refractivity contribution in [1.82, 2.24) is 14.3 Å². The Morgan fingerprint density at radius 2 is 1.89 bits per heavy atom. The van der Waals surface area contributed by atoms with Gasteiger partial charge in [0.25, 0.3) is 0 Å². The third-order valence-corrected chi connectivity index (χ3v) is 9.44. The second kappa shape index (κ2) is 10.2. The lowest BCUT2D eigenvalue weighted by atomic mass is 9.96. The fraction of sp³-hybridized carbons (Fsp3) is 0.269. The Balaban J connectivity index is 1.37. The Bertz CT molecular complexity index is 1550. The van der Waals surface area contributed by atoms with Crippen LogP contribution in [-0.2, 0) is 21.4 Å². The van der Waals surface area contributed by atoms with E-state index < -0.39 is 27.6 Å². The molecule has 0 atom stereocenters. The largest absolute Gasteiger partial charge is 0.283 e. The molecule has 1 aliphatic heterocycles. The van der Waals surface area contributed by atoms with E-state index in [1.54, 1.807) is 17.3 Å². The molecule has 1 aliphatic rings. The van der Waals surface area contributed by atoms with Crippen molar-refractivity contribution in [1.29, 1.82) is 0 Å². The minimum absolute atomic E-state index is 0.0947. The number of nitrogens with zero attached hydrogens (tertiary/aromatic N) is 4. The first-order valence-electron chi connectivity index (χ1n) is 11.8. The van der Waals surface area contributed by atoms with Crippen LogP contribution in [0.1, 0.15) is 24.0 Å². The fourth-order valence-corrected chi connectivity index (χ4v) is 6.98. The van der Waals surface area contributed by atoms with Gasteiger partial charge in [0.05, 0.1) is 21.7 Å². The molecule has 2 aromatic carbocycles. The van der Waals surface area contributed by atoms with Gasteiger partial charge in [-0.15, -0.1) is 0 Å². The lowest BCUT2D eigenvalue weighted by Gasteiger charge is -2.33. The number of carbonyl (C=O) groups is 1. The van der Waals surface area contributed by atoms with Crippen LogP contribution in [0, 0.1) is 24.5 Å². The van der Waals surface area contributed by atoms with Crippen LogP contribution < -0.4 is 4.90 Å². The number of amides is 1. The minimum Gasteiger partial charge on any atom is -0.283 e. The van der Waals surface area contributed by atoms with Gasteiger partial charge in [-0.1, -0.05) is 29.5 Å². The topological polar surface area (TPSA) is 83.5 Å². The zero-order chi connectivity index (χ0) is 26.2. The van der Waals surface area contributed by atoms with E-state index in [1.807, 2.05) is 37.3 Å². The van der Waals surface area contributed by atoms with Crippen LogP contribution in [0.3, 0.4) is 0 Å². The van der Waals surface area contributed by atoms with Crippen molar-refractivity contribution in [3.63, 3.8) is 0 Å². The SMILES string of the molecule is Cc1cccc2sc(N(Cc3cccnc3)C(=O)C3CCN(S(=O)(=O)c4ccc(F)c(F)c4)CC3)nc12. The van der Waals surface area contributed by atoms with E-state index in [1.165, 1.54) is 15.6 Å². The molecule has 1 saturated heterocycles. The molecule has 1 amide bonds. The van der Waals surface area contributed by atoms with Crippen LogP contribution >= 0.6 is 11.3 Å². The van der Waals surface area contributed by atoms with Crippen molar-refractivity contribution < 1.29 is 22.0 Å². The molecular formula is C26H24F2N4O3S2. The molecule has 0 aliphatic carbocycles. The number of para-hydroxylation sites is 1. The summed E-state index contributed by atoms with van der Waals surface area (Å²) in [6.07, 6.45) is 3.97. The van der Waals surface area contributed by atoms with Gasteiger partial charge >= 0.3 is 0 Å². The van der Waals surface area contributed by atoms with E-state index in [-0.39, 0.29) is 23.9 Å². The van der Waals surface area contributed by atoms with Crippen molar-refractivity contribution >= 4 is 42.6 Å². The molecule has 0 bridgehead atoms. The molecule has 3 heterocycles. The molecule has 2 aromatic heterocycles. The molecule has 5 rings (SSSR count). The maximum atomic E-state index is 13.8. The van der Waals surface area contributed by atoms with Gasteiger partial charge in [0.2, 0.25) is 15.9 Å². The predicted molar refractivity (Wildman–Crippen MR) is 138 cm³/mol. The molecular weight excluding hydrogens is 518 g/mol. The highest BCUT2D eigenvalue weighted by atomic mass is 32.2.